The van der Waals surface area contributed by atoms with Gasteiger partial charge >= 0.3 is 0 Å². The highest BCUT2D eigenvalue weighted by atomic mass is 16.5. The van der Waals surface area contributed by atoms with Gasteiger partial charge in [0.15, 0.2) is 0 Å². The molecule has 5 heteroatoms. The summed E-state index contributed by atoms with van der Waals surface area (Å²) in [6, 6.07) is 0. The topological polar surface area (TPSA) is 56.2 Å². The van der Waals surface area contributed by atoms with Crippen LogP contribution in [0.3, 0.4) is 0 Å². The lowest BCUT2D eigenvalue weighted by molar-refractivity contribution is 0.118. The molecule has 0 bridgehead atoms. The second kappa shape index (κ2) is 15.8. The van der Waals surface area contributed by atoms with Gasteiger partial charge in [0.05, 0.1) is 13.2 Å². The van der Waals surface area contributed by atoms with Gasteiger partial charge in [-0.25, -0.2) is 0 Å². The molecule has 0 aliphatic heterocycles. The zero-order valence-corrected chi connectivity index (χ0v) is 11.9. The molecule has 0 aromatic rings. The molecule has 2 N–H and O–H groups in total. The summed E-state index contributed by atoms with van der Waals surface area (Å²) in [5, 5.41) is 15.2. The van der Waals surface area contributed by atoms with Crippen molar-refractivity contribution in [1.82, 2.24) is 9.80 Å². The van der Waals surface area contributed by atoms with E-state index in [-0.39, 0.29) is 13.2 Å². The molecule has 0 radical (unpaired) electrons. The van der Waals surface area contributed by atoms with Gasteiger partial charge in [0.25, 0.3) is 0 Å². The van der Waals surface area contributed by atoms with E-state index >= 15 is 0 Å². The largest absolute Gasteiger partial charge is 0.394 e. The first-order chi connectivity index (χ1) is 8.04. The van der Waals surface area contributed by atoms with Crippen LogP contribution >= 0.6 is 0 Å². The summed E-state index contributed by atoms with van der Waals surface area (Å²) in [7, 11) is 8.36. The third kappa shape index (κ3) is 25.8. The van der Waals surface area contributed by atoms with Crippen LogP contribution in [0, 0.1) is 0 Å². The summed E-state index contributed by atoms with van der Waals surface area (Å²) in [6.45, 7) is 3.78. The smallest absolute Gasteiger partial charge is 0.0662 e. The second-order valence-electron chi connectivity index (χ2n) is 4.37. The van der Waals surface area contributed by atoms with E-state index < -0.39 is 0 Å². The summed E-state index contributed by atoms with van der Waals surface area (Å²) >= 11 is 0. The van der Waals surface area contributed by atoms with Gasteiger partial charge in [0.2, 0.25) is 0 Å². The van der Waals surface area contributed by atoms with E-state index in [0.29, 0.717) is 0 Å². The number of ether oxygens (including phenoxy) is 1. The average molecular weight is 250 g/mol. The van der Waals surface area contributed by atoms with E-state index in [2.05, 4.69) is 38.0 Å². The number of aliphatic hydroxyl groups excluding tert-OH is 2. The van der Waals surface area contributed by atoms with Crippen molar-refractivity contribution in [3.05, 3.63) is 0 Å². The fourth-order valence-corrected chi connectivity index (χ4v) is 1.07. The fourth-order valence-electron chi connectivity index (χ4n) is 1.07. The monoisotopic (exact) mass is 250 g/mol. The molecule has 0 saturated carbocycles. The van der Waals surface area contributed by atoms with Gasteiger partial charge in [0, 0.05) is 13.2 Å². The maximum Gasteiger partial charge on any atom is 0.0662 e. The number of hydrogen-bond donors (Lipinski definition) is 2. The molecule has 106 valence electrons. The quantitative estimate of drug-likeness (QED) is 0.559. The van der Waals surface area contributed by atoms with Crippen molar-refractivity contribution >= 4 is 0 Å². The average Bonchev–Trinajstić information content (AvgIpc) is 2.27. The van der Waals surface area contributed by atoms with Crippen molar-refractivity contribution < 1.29 is 14.9 Å². The predicted molar refractivity (Wildman–Crippen MR) is 71.3 cm³/mol. The van der Waals surface area contributed by atoms with Crippen LogP contribution in [0.25, 0.3) is 0 Å². The van der Waals surface area contributed by atoms with Crippen LogP contribution in [0.1, 0.15) is 12.8 Å². The lowest BCUT2D eigenvalue weighted by Crippen LogP contribution is -2.17. The van der Waals surface area contributed by atoms with Crippen molar-refractivity contribution in [1.29, 1.82) is 0 Å². The summed E-state index contributed by atoms with van der Waals surface area (Å²) in [6.07, 6.45) is 2.27. The lowest BCUT2D eigenvalue weighted by Gasteiger charge is -2.11. The Bertz CT molecular complexity index is 119. The highest BCUT2D eigenvalue weighted by Crippen LogP contribution is 1.89. The van der Waals surface area contributed by atoms with E-state index in [1.165, 1.54) is 0 Å². The first kappa shape index (κ1) is 19.1. The van der Waals surface area contributed by atoms with Gasteiger partial charge in [-0.05, 0) is 54.1 Å². The van der Waals surface area contributed by atoms with Crippen LogP contribution < -0.4 is 0 Å². The van der Waals surface area contributed by atoms with Crippen LogP contribution in [-0.4, -0.2) is 87.7 Å². The molecule has 0 fully saturated rings. The van der Waals surface area contributed by atoms with Crippen LogP contribution in [-0.2, 0) is 4.74 Å². The maximum absolute atomic E-state index is 7.62. The molecule has 0 aromatic carbocycles. The molecule has 0 aromatic heterocycles. The Morgan fingerprint density at radius 1 is 0.765 bits per heavy atom. The van der Waals surface area contributed by atoms with Crippen molar-refractivity contribution in [2.45, 2.75) is 12.8 Å². The molecule has 17 heavy (non-hydrogen) atoms. The number of hydrogen-bond acceptors (Lipinski definition) is 5. The Morgan fingerprint density at radius 2 is 1.12 bits per heavy atom. The molecule has 0 spiro atoms. The zero-order chi connectivity index (χ0) is 13.5. The summed E-state index contributed by atoms with van der Waals surface area (Å²) in [4.78, 5) is 4.37. The van der Waals surface area contributed by atoms with Crippen molar-refractivity contribution in [3.8, 4) is 0 Å². The van der Waals surface area contributed by atoms with Gasteiger partial charge < -0.3 is 24.7 Å². The minimum atomic E-state index is -0.125. The van der Waals surface area contributed by atoms with E-state index in [9.17, 15) is 0 Å². The molecular weight excluding hydrogens is 220 g/mol. The minimum absolute atomic E-state index is 0.125. The Balaban J connectivity index is 0. The number of nitrogens with zero attached hydrogens (tertiary/aromatic N) is 2. The molecule has 0 aliphatic rings. The van der Waals surface area contributed by atoms with Crippen LogP contribution in [0.2, 0.25) is 0 Å². The van der Waals surface area contributed by atoms with Crippen LogP contribution in [0.15, 0.2) is 0 Å². The Kier molecular flexibility index (Phi) is 17.8. The lowest BCUT2D eigenvalue weighted by atomic mass is 10.4. The van der Waals surface area contributed by atoms with Gasteiger partial charge in [-0.3, -0.25) is 0 Å². The number of rotatable bonds is 9. The minimum Gasteiger partial charge on any atom is -0.394 e. The van der Waals surface area contributed by atoms with E-state index in [4.69, 9.17) is 14.9 Å². The standard InChI is InChI=1S/C10H24N2O.C2H6O2/c1-11(2)7-5-9-13-10-6-8-12(3)4;3-1-2-4/h5-10H2,1-4H3;3-4H,1-2H2. The number of aliphatic hydroxyl groups is 2. The SMILES string of the molecule is CN(C)CCCOCCCN(C)C.OCCO. The summed E-state index contributed by atoms with van der Waals surface area (Å²) in [5.74, 6) is 0. The fraction of sp³-hybridized carbons (Fsp3) is 1.00. The van der Waals surface area contributed by atoms with E-state index in [0.717, 1.165) is 39.1 Å². The Hall–Kier alpha value is -0.200. The summed E-state index contributed by atoms with van der Waals surface area (Å²) < 4.78 is 5.48. The molecule has 0 atom stereocenters. The molecule has 0 amide bonds. The molecule has 5 nitrogen and oxygen atoms in total. The van der Waals surface area contributed by atoms with E-state index in [1.54, 1.807) is 0 Å². The van der Waals surface area contributed by atoms with Crippen molar-refractivity contribution in [2.24, 2.45) is 0 Å². The zero-order valence-electron chi connectivity index (χ0n) is 11.9. The van der Waals surface area contributed by atoms with Crippen molar-refractivity contribution in [3.63, 3.8) is 0 Å². The van der Waals surface area contributed by atoms with Crippen LogP contribution in [0.5, 0.6) is 0 Å². The molecule has 0 rings (SSSR count). The van der Waals surface area contributed by atoms with Gasteiger partial charge in [0.1, 0.15) is 0 Å². The highest BCUT2D eigenvalue weighted by molar-refractivity contribution is 4.45. The van der Waals surface area contributed by atoms with Crippen molar-refractivity contribution in [2.75, 3.05) is 67.7 Å². The predicted octanol–water partition coefficient (Wildman–Crippen LogP) is -0.123. The third-order valence-corrected chi connectivity index (χ3v) is 1.89. The first-order valence-electron chi connectivity index (χ1n) is 6.13. The highest BCUT2D eigenvalue weighted by Gasteiger charge is 1.92. The Morgan fingerprint density at radius 3 is 1.35 bits per heavy atom. The normalized spacial score (nSPS) is 10.6. The molecular formula is C12H30N2O3. The molecule has 0 heterocycles. The molecule has 0 unspecified atom stereocenters. The van der Waals surface area contributed by atoms with Gasteiger partial charge in [-0.1, -0.05) is 0 Å². The van der Waals surface area contributed by atoms with E-state index in [1.807, 2.05) is 0 Å². The maximum atomic E-state index is 7.62. The first-order valence-corrected chi connectivity index (χ1v) is 6.13. The van der Waals surface area contributed by atoms with Crippen LogP contribution in [0.4, 0.5) is 0 Å². The summed E-state index contributed by atoms with van der Waals surface area (Å²) in [5.41, 5.74) is 0. The molecule has 0 aliphatic carbocycles. The second-order valence-corrected chi connectivity index (χ2v) is 4.37. The third-order valence-electron chi connectivity index (χ3n) is 1.89. The van der Waals surface area contributed by atoms with Gasteiger partial charge in [-0.2, -0.15) is 0 Å². The van der Waals surface area contributed by atoms with Gasteiger partial charge in [-0.15, -0.1) is 0 Å². The Labute approximate surface area is 106 Å². The molecule has 0 saturated heterocycles.